The highest BCUT2D eigenvalue weighted by Gasteiger charge is 2.22. The molecule has 0 bridgehead atoms. The lowest BCUT2D eigenvalue weighted by atomic mass is 9.96. The van der Waals surface area contributed by atoms with Crippen molar-refractivity contribution >= 4 is 17.6 Å². The minimum atomic E-state index is 0.00986. The minimum Gasteiger partial charge on any atom is -0.335 e. The second kappa shape index (κ2) is 8.67. The average molecular weight is 351 g/mol. The Hall–Kier alpha value is -1.33. The zero-order valence-corrected chi connectivity index (χ0v) is 14.9. The van der Waals surface area contributed by atoms with Crippen molar-refractivity contribution in [1.29, 1.82) is 0 Å². The molecular weight excluding hydrogens is 324 g/mol. The van der Waals surface area contributed by atoms with E-state index in [0.717, 1.165) is 50.9 Å². The molecule has 132 valence electrons. The summed E-state index contributed by atoms with van der Waals surface area (Å²) in [6.45, 7) is 2.77. The van der Waals surface area contributed by atoms with Gasteiger partial charge in [0.15, 0.2) is 0 Å². The molecule has 1 saturated carbocycles. The molecule has 2 N–H and O–H groups in total. The third kappa shape index (κ3) is 5.08. The summed E-state index contributed by atoms with van der Waals surface area (Å²) in [5, 5.41) is 6.87. The Balaban J connectivity index is 1.38. The molecule has 2 fully saturated rings. The van der Waals surface area contributed by atoms with Crippen molar-refractivity contribution in [3.8, 4) is 0 Å². The molecule has 1 aromatic rings. The van der Waals surface area contributed by atoms with Crippen LogP contribution in [0.5, 0.6) is 0 Å². The third-order valence-electron chi connectivity index (χ3n) is 5.09. The normalized spacial score (nSPS) is 20.7. The van der Waals surface area contributed by atoms with Gasteiger partial charge in [-0.3, -0.25) is 4.90 Å². The fraction of sp³-hybridized carbons (Fsp3) is 0.667. The van der Waals surface area contributed by atoms with Crippen LogP contribution in [0.3, 0.4) is 0 Å². The van der Waals surface area contributed by atoms with Gasteiger partial charge in [-0.1, -0.05) is 36.9 Å². The first kappa shape index (κ1) is 17.5. The predicted octanol–water partition coefficient (Wildman–Crippen LogP) is 3.33. The van der Waals surface area contributed by atoms with Gasteiger partial charge >= 0.3 is 6.03 Å². The fourth-order valence-electron chi connectivity index (χ4n) is 3.67. The van der Waals surface area contributed by atoms with Gasteiger partial charge in [-0.15, -0.1) is 0 Å². The summed E-state index contributed by atoms with van der Waals surface area (Å²) in [5.41, 5.74) is 1.07. The molecule has 1 saturated heterocycles. The average Bonchev–Trinajstić information content (AvgIpc) is 2.59. The van der Waals surface area contributed by atoms with E-state index in [4.69, 9.17) is 11.6 Å². The molecule has 2 aliphatic rings. The molecule has 1 aliphatic heterocycles. The Morgan fingerprint density at radius 1 is 1.12 bits per heavy atom. The van der Waals surface area contributed by atoms with Gasteiger partial charge in [-0.2, -0.15) is 0 Å². The van der Waals surface area contributed by atoms with Crippen LogP contribution in [0.2, 0.25) is 5.15 Å². The maximum atomic E-state index is 12.1. The Bertz CT molecular complexity index is 540. The number of carbonyl (C=O) groups excluding carboxylic acids is 1. The lowest BCUT2D eigenvalue weighted by molar-refractivity contribution is 0.184. The van der Waals surface area contributed by atoms with Gasteiger partial charge in [0.25, 0.3) is 0 Å². The van der Waals surface area contributed by atoms with Crippen molar-refractivity contribution < 1.29 is 4.79 Å². The smallest absolute Gasteiger partial charge is 0.315 e. The summed E-state index contributed by atoms with van der Waals surface area (Å²) in [4.78, 5) is 18.6. The number of urea groups is 1. The number of carbonyl (C=O) groups is 1. The number of amides is 2. The number of nitrogens with zero attached hydrogens (tertiary/aromatic N) is 2. The predicted molar refractivity (Wildman–Crippen MR) is 96.1 cm³/mol. The van der Waals surface area contributed by atoms with E-state index in [1.807, 2.05) is 12.1 Å². The number of hydrogen-bond acceptors (Lipinski definition) is 3. The Kier molecular flexibility index (Phi) is 6.32. The number of pyridine rings is 1. The molecular formula is C18H27ClN4O. The number of halogens is 1. The molecule has 2 amide bonds. The molecule has 0 atom stereocenters. The van der Waals surface area contributed by atoms with Gasteiger partial charge in [0, 0.05) is 43.5 Å². The van der Waals surface area contributed by atoms with E-state index in [1.54, 1.807) is 6.20 Å². The van der Waals surface area contributed by atoms with Crippen LogP contribution in [0, 0.1) is 0 Å². The summed E-state index contributed by atoms with van der Waals surface area (Å²) in [6.07, 6.45) is 9.70. The monoisotopic (exact) mass is 350 g/mol. The van der Waals surface area contributed by atoms with Crippen molar-refractivity contribution in [3.05, 3.63) is 29.0 Å². The van der Waals surface area contributed by atoms with Crippen LogP contribution in [0.25, 0.3) is 0 Å². The summed E-state index contributed by atoms with van der Waals surface area (Å²) >= 11 is 6.13. The molecule has 1 aromatic heterocycles. The van der Waals surface area contributed by atoms with Crippen molar-refractivity contribution in [3.63, 3.8) is 0 Å². The first-order valence-electron chi connectivity index (χ1n) is 9.09. The van der Waals surface area contributed by atoms with Gasteiger partial charge in [-0.05, 0) is 31.7 Å². The van der Waals surface area contributed by atoms with Crippen LogP contribution in [-0.2, 0) is 6.54 Å². The van der Waals surface area contributed by atoms with E-state index in [-0.39, 0.29) is 12.1 Å². The molecule has 24 heavy (non-hydrogen) atoms. The molecule has 5 nitrogen and oxygen atoms in total. The van der Waals surface area contributed by atoms with Gasteiger partial charge in [0.05, 0.1) is 0 Å². The van der Waals surface area contributed by atoms with Crippen molar-refractivity contribution in [2.75, 3.05) is 13.1 Å². The quantitative estimate of drug-likeness (QED) is 0.819. The van der Waals surface area contributed by atoms with Crippen molar-refractivity contribution in [1.82, 2.24) is 20.5 Å². The van der Waals surface area contributed by atoms with Crippen molar-refractivity contribution in [2.24, 2.45) is 0 Å². The molecule has 3 rings (SSSR count). The highest BCUT2D eigenvalue weighted by Crippen LogP contribution is 2.19. The first-order valence-corrected chi connectivity index (χ1v) is 9.47. The van der Waals surface area contributed by atoms with Gasteiger partial charge in [0.1, 0.15) is 5.15 Å². The van der Waals surface area contributed by atoms with Crippen LogP contribution in [0.4, 0.5) is 4.79 Å². The van der Waals surface area contributed by atoms with Crippen LogP contribution in [0.1, 0.15) is 50.5 Å². The van der Waals surface area contributed by atoms with Crippen LogP contribution < -0.4 is 10.6 Å². The number of likely N-dealkylation sites (tertiary alicyclic amines) is 1. The van der Waals surface area contributed by atoms with Crippen LogP contribution in [-0.4, -0.2) is 41.1 Å². The fourth-order valence-corrected chi connectivity index (χ4v) is 3.85. The van der Waals surface area contributed by atoms with E-state index in [2.05, 4.69) is 20.5 Å². The highest BCUT2D eigenvalue weighted by atomic mass is 35.5. The summed E-state index contributed by atoms with van der Waals surface area (Å²) in [6, 6.07) is 4.60. The van der Waals surface area contributed by atoms with Gasteiger partial charge in [-0.25, -0.2) is 9.78 Å². The Morgan fingerprint density at radius 2 is 1.79 bits per heavy atom. The number of aromatic nitrogens is 1. The second-order valence-electron chi connectivity index (χ2n) is 6.96. The number of hydrogen-bond donors (Lipinski definition) is 2. The molecule has 6 heteroatoms. The van der Waals surface area contributed by atoms with E-state index >= 15 is 0 Å². The zero-order chi connectivity index (χ0) is 16.8. The van der Waals surface area contributed by atoms with Crippen LogP contribution >= 0.6 is 11.6 Å². The van der Waals surface area contributed by atoms with Gasteiger partial charge in [0.2, 0.25) is 0 Å². The highest BCUT2D eigenvalue weighted by molar-refractivity contribution is 6.30. The van der Waals surface area contributed by atoms with Gasteiger partial charge < -0.3 is 10.6 Å². The second-order valence-corrected chi connectivity index (χ2v) is 7.31. The van der Waals surface area contributed by atoms with E-state index in [1.165, 1.54) is 19.3 Å². The largest absolute Gasteiger partial charge is 0.335 e. The minimum absolute atomic E-state index is 0.00986. The molecule has 2 heterocycles. The molecule has 0 aromatic carbocycles. The number of piperidine rings is 1. The number of nitrogens with one attached hydrogen (secondary N) is 2. The maximum absolute atomic E-state index is 12.1. The summed E-state index contributed by atoms with van der Waals surface area (Å²) in [7, 11) is 0. The Labute approximate surface area is 149 Å². The van der Waals surface area contributed by atoms with E-state index in [9.17, 15) is 4.79 Å². The summed E-state index contributed by atoms with van der Waals surface area (Å²) in [5.74, 6) is 0. The SMILES string of the molecule is O=C(NC1CCCCC1)NC1CCN(Cc2cccnc2Cl)CC1. The Morgan fingerprint density at radius 3 is 2.46 bits per heavy atom. The molecule has 0 radical (unpaired) electrons. The molecule has 1 aliphatic carbocycles. The third-order valence-corrected chi connectivity index (χ3v) is 5.43. The first-order chi connectivity index (χ1) is 11.7. The molecule has 0 unspecified atom stereocenters. The lowest BCUT2D eigenvalue weighted by Crippen LogP contribution is -2.50. The lowest BCUT2D eigenvalue weighted by Gasteiger charge is -2.33. The summed E-state index contributed by atoms with van der Waals surface area (Å²) < 4.78 is 0. The number of rotatable bonds is 4. The van der Waals surface area contributed by atoms with Crippen LogP contribution in [0.15, 0.2) is 18.3 Å². The van der Waals surface area contributed by atoms with E-state index in [0.29, 0.717) is 11.2 Å². The molecule has 0 spiro atoms. The van der Waals surface area contributed by atoms with Crippen molar-refractivity contribution in [2.45, 2.75) is 63.6 Å². The van der Waals surface area contributed by atoms with E-state index < -0.39 is 0 Å². The maximum Gasteiger partial charge on any atom is 0.315 e. The topological polar surface area (TPSA) is 57.3 Å². The standard InChI is InChI=1S/C18H27ClN4O/c19-17-14(5-4-10-20-17)13-23-11-8-16(9-12-23)22-18(24)21-15-6-2-1-3-7-15/h4-5,10,15-16H,1-3,6-9,11-13H2,(H2,21,22,24). The zero-order valence-electron chi connectivity index (χ0n) is 14.1.